The predicted molar refractivity (Wildman–Crippen MR) is 71.8 cm³/mol. The fourth-order valence-corrected chi connectivity index (χ4v) is 1.85. The van der Waals surface area contributed by atoms with E-state index in [0.29, 0.717) is 6.54 Å². The number of aliphatic hydroxyl groups excluding tert-OH is 1. The van der Waals surface area contributed by atoms with Crippen LogP contribution in [0.25, 0.3) is 0 Å². The van der Waals surface area contributed by atoms with E-state index >= 15 is 0 Å². The van der Waals surface area contributed by atoms with E-state index in [-0.39, 0.29) is 23.3 Å². The highest BCUT2D eigenvalue weighted by Gasteiger charge is 2.30. The van der Waals surface area contributed by atoms with Crippen LogP contribution < -0.4 is 5.32 Å². The summed E-state index contributed by atoms with van der Waals surface area (Å²) in [5, 5.41) is 12.2. The van der Waals surface area contributed by atoms with Gasteiger partial charge in [-0.15, -0.1) is 0 Å². The zero-order chi connectivity index (χ0) is 13.5. The van der Waals surface area contributed by atoms with Gasteiger partial charge in [-0.1, -0.05) is 34.6 Å². The predicted octanol–water partition coefficient (Wildman–Crippen LogP) is 2.73. The van der Waals surface area contributed by atoms with Gasteiger partial charge in [0.2, 0.25) is 5.91 Å². The standard InChI is InChI=1S/C14H29NO2/c1-6-13(4,5)12(17)15-11-14(7-2,8-3)9-10-16/h16H,6-11H2,1-5H3,(H,15,17). The Morgan fingerprint density at radius 3 is 2.00 bits per heavy atom. The highest BCUT2D eigenvalue weighted by molar-refractivity contribution is 5.81. The van der Waals surface area contributed by atoms with E-state index in [1.807, 2.05) is 20.8 Å². The Hall–Kier alpha value is -0.570. The summed E-state index contributed by atoms with van der Waals surface area (Å²) in [5.74, 6) is 0.115. The van der Waals surface area contributed by atoms with E-state index in [1.54, 1.807) is 0 Å². The van der Waals surface area contributed by atoms with E-state index in [2.05, 4.69) is 19.2 Å². The van der Waals surface area contributed by atoms with Gasteiger partial charge in [0.15, 0.2) is 0 Å². The first kappa shape index (κ1) is 16.4. The van der Waals surface area contributed by atoms with Crippen LogP contribution in [0.4, 0.5) is 0 Å². The molecule has 2 N–H and O–H groups in total. The lowest BCUT2D eigenvalue weighted by Gasteiger charge is -2.33. The molecule has 0 spiro atoms. The minimum atomic E-state index is -0.299. The molecule has 1 amide bonds. The summed E-state index contributed by atoms with van der Waals surface area (Å²) in [5.41, 5.74) is -0.249. The third-order valence-corrected chi connectivity index (χ3v) is 4.26. The number of rotatable bonds is 8. The average Bonchev–Trinajstić information content (AvgIpc) is 2.34. The Morgan fingerprint density at radius 2 is 1.65 bits per heavy atom. The highest BCUT2D eigenvalue weighted by Crippen LogP contribution is 2.30. The number of carbonyl (C=O) groups excluding carboxylic acids is 1. The number of hydrogen-bond acceptors (Lipinski definition) is 2. The van der Waals surface area contributed by atoms with Gasteiger partial charge in [0, 0.05) is 18.6 Å². The highest BCUT2D eigenvalue weighted by atomic mass is 16.3. The molecular weight excluding hydrogens is 214 g/mol. The molecule has 0 radical (unpaired) electrons. The Balaban J connectivity index is 4.46. The molecule has 0 aliphatic rings. The fourth-order valence-electron chi connectivity index (χ4n) is 1.85. The monoisotopic (exact) mass is 243 g/mol. The summed E-state index contributed by atoms with van der Waals surface area (Å²) < 4.78 is 0. The minimum absolute atomic E-state index is 0.0498. The molecule has 3 heteroatoms. The van der Waals surface area contributed by atoms with Gasteiger partial charge < -0.3 is 10.4 Å². The van der Waals surface area contributed by atoms with Crippen LogP contribution >= 0.6 is 0 Å². The smallest absolute Gasteiger partial charge is 0.225 e. The normalized spacial score (nSPS) is 12.6. The molecule has 0 saturated carbocycles. The van der Waals surface area contributed by atoms with Crippen molar-refractivity contribution in [2.75, 3.05) is 13.2 Å². The summed E-state index contributed by atoms with van der Waals surface area (Å²) >= 11 is 0. The maximum Gasteiger partial charge on any atom is 0.225 e. The van der Waals surface area contributed by atoms with Crippen LogP contribution in [0.5, 0.6) is 0 Å². The van der Waals surface area contributed by atoms with Gasteiger partial charge in [-0.25, -0.2) is 0 Å². The van der Waals surface area contributed by atoms with E-state index in [0.717, 1.165) is 25.7 Å². The fraction of sp³-hybridized carbons (Fsp3) is 0.929. The minimum Gasteiger partial charge on any atom is -0.396 e. The van der Waals surface area contributed by atoms with E-state index < -0.39 is 0 Å². The van der Waals surface area contributed by atoms with Crippen molar-refractivity contribution in [3.05, 3.63) is 0 Å². The summed E-state index contributed by atoms with van der Waals surface area (Å²) in [4.78, 5) is 12.0. The zero-order valence-electron chi connectivity index (χ0n) is 12.1. The number of nitrogens with one attached hydrogen (secondary N) is 1. The van der Waals surface area contributed by atoms with Crippen molar-refractivity contribution in [1.29, 1.82) is 0 Å². The molecule has 0 aromatic rings. The maximum atomic E-state index is 12.0. The molecule has 0 unspecified atom stereocenters. The molecule has 0 aromatic heterocycles. The molecule has 0 heterocycles. The van der Waals surface area contributed by atoms with Gasteiger partial charge in [-0.3, -0.25) is 4.79 Å². The first-order chi connectivity index (χ1) is 7.87. The van der Waals surface area contributed by atoms with Crippen LogP contribution in [-0.2, 0) is 4.79 Å². The van der Waals surface area contributed by atoms with Crippen molar-refractivity contribution >= 4 is 5.91 Å². The van der Waals surface area contributed by atoms with Crippen molar-refractivity contribution in [3.8, 4) is 0 Å². The van der Waals surface area contributed by atoms with Gasteiger partial charge in [0.25, 0.3) is 0 Å². The van der Waals surface area contributed by atoms with Crippen LogP contribution in [0.1, 0.15) is 60.3 Å². The van der Waals surface area contributed by atoms with Gasteiger partial charge >= 0.3 is 0 Å². The van der Waals surface area contributed by atoms with E-state index in [4.69, 9.17) is 5.11 Å². The summed E-state index contributed by atoms with van der Waals surface area (Å²) in [6.07, 6.45) is 3.56. The number of amides is 1. The van der Waals surface area contributed by atoms with Crippen LogP contribution in [0.15, 0.2) is 0 Å². The largest absolute Gasteiger partial charge is 0.396 e. The summed E-state index contributed by atoms with van der Waals surface area (Å²) in [6, 6.07) is 0. The lowest BCUT2D eigenvalue weighted by Crippen LogP contribution is -2.43. The van der Waals surface area contributed by atoms with Crippen LogP contribution in [-0.4, -0.2) is 24.2 Å². The molecule has 0 aromatic carbocycles. The first-order valence-electron chi connectivity index (χ1n) is 6.76. The molecule has 0 saturated heterocycles. The van der Waals surface area contributed by atoms with Crippen molar-refractivity contribution in [2.24, 2.45) is 10.8 Å². The van der Waals surface area contributed by atoms with E-state index in [9.17, 15) is 4.79 Å². The number of carbonyl (C=O) groups is 1. The first-order valence-corrected chi connectivity index (χ1v) is 6.76. The second-order valence-corrected chi connectivity index (χ2v) is 5.60. The quantitative estimate of drug-likeness (QED) is 0.688. The van der Waals surface area contributed by atoms with Gasteiger partial charge in [0.05, 0.1) is 0 Å². The Morgan fingerprint density at radius 1 is 1.12 bits per heavy atom. The lowest BCUT2D eigenvalue weighted by atomic mass is 9.79. The van der Waals surface area contributed by atoms with Crippen molar-refractivity contribution in [1.82, 2.24) is 5.32 Å². The molecule has 0 aliphatic heterocycles. The molecule has 3 nitrogen and oxygen atoms in total. The lowest BCUT2D eigenvalue weighted by molar-refractivity contribution is -0.130. The Kier molecular flexibility index (Phi) is 6.76. The zero-order valence-corrected chi connectivity index (χ0v) is 12.1. The number of aliphatic hydroxyl groups is 1. The van der Waals surface area contributed by atoms with Crippen molar-refractivity contribution < 1.29 is 9.90 Å². The molecule has 0 aliphatic carbocycles. The Labute approximate surface area is 106 Å². The molecule has 0 atom stereocenters. The molecule has 0 fully saturated rings. The molecule has 17 heavy (non-hydrogen) atoms. The van der Waals surface area contributed by atoms with Crippen molar-refractivity contribution in [3.63, 3.8) is 0 Å². The van der Waals surface area contributed by atoms with Gasteiger partial charge in [0.1, 0.15) is 0 Å². The third-order valence-electron chi connectivity index (χ3n) is 4.26. The van der Waals surface area contributed by atoms with Crippen LogP contribution in [0, 0.1) is 10.8 Å². The third kappa shape index (κ3) is 4.66. The van der Waals surface area contributed by atoms with Crippen molar-refractivity contribution in [2.45, 2.75) is 60.3 Å². The number of hydrogen-bond donors (Lipinski definition) is 2. The topological polar surface area (TPSA) is 49.3 Å². The molecular formula is C14H29NO2. The van der Waals surface area contributed by atoms with Gasteiger partial charge in [-0.2, -0.15) is 0 Å². The van der Waals surface area contributed by atoms with Crippen LogP contribution in [0.2, 0.25) is 0 Å². The average molecular weight is 243 g/mol. The molecule has 0 rings (SSSR count). The molecule has 0 bridgehead atoms. The maximum absolute atomic E-state index is 12.0. The molecule has 102 valence electrons. The Bertz CT molecular complexity index is 232. The summed E-state index contributed by atoms with van der Waals surface area (Å²) in [6.45, 7) is 11.1. The second kappa shape index (κ2) is 7.00. The van der Waals surface area contributed by atoms with Gasteiger partial charge in [-0.05, 0) is 31.1 Å². The summed E-state index contributed by atoms with van der Waals surface area (Å²) in [7, 11) is 0. The van der Waals surface area contributed by atoms with Crippen LogP contribution in [0.3, 0.4) is 0 Å². The SMILES string of the molecule is CCC(CC)(CCO)CNC(=O)C(C)(C)CC. The second-order valence-electron chi connectivity index (χ2n) is 5.60. The van der Waals surface area contributed by atoms with E-state index in [1.165, 1.54) is 0 Å².